The number of ether oxygens (including phenoxy) is 3. The van der Waals surface area contributed by atoms with Crippen molar-refractivity contribution in [1.29, 1.82) is 0 Å². The van der Waals surface area contributed by atoms with Crippen LogP contribution in [0, 0.1) is 11.6 Å². The molecule has 184 valence electrons. The summed E-state index contributed by atoms with van der Waals surface area (Å²) < 4.78 is 42.6. The molecule has 9 nitrogen and oxygen atoms in total. The lowest BCUT2D eigenvalue weighted by atomic mass is 10.1. The summed E-state index contributed by atoms with van der Waals surface area (Å²) in [6, 6.07) is 10.2. The number of piperazine rings is 1. The van der Waals surface area contributed by atoms with E-state index in [2.05, 4.69) is 15.5 Å². The van der Waals surface area contributed by atoms with Gasteiger partial charge in [-0.05, 0) is 36.4 Å². The Morgan fingerprint density at radius 2 is 1.54 bits per heavy atom. The number of carbonyl (C=O) groups is 1. The quantitative estimate of drug-likeness (QED) is 0.568. The third-order valence-electron chi connectivity index (χ3n) is 5.67. The number of benzene rings is 2. The van der Waals surface area contributed by atoms with Gasteiger partial charge in [0.15, 0.2) is 29.0 Å². The van der Waals surface area contributed by atoms with Gasteiger partial charge in [0.25, 0.3) is 0 Å². The van der Waals surface area contributed by atoms with Crippen LogP contribution in [-0.4, -0.2) is 68.6 Å². The van der Waals surface area contributed by atoms with Gasteiger partial charge in [0.2, 0.25) is 5.75 Å². The summed E-state index contributed by atoms with van der Waals surface area (Å²) in [7, 11) is 4.64. The Kier molecular flexibility index (Phi) is 7.14. The number of nitrogens with zero attached hydrogens (tertiary/aromatic N) is 4. The topological polar surface area (TPSA) is 89.1 Å². The van der Waals surface area contributed by atoms with Gasteiger partial charge < -0.3 is 29.3 Å². The van der Waals surface area contributed by atoms with Crippen LogP contribution in [0.5, 0.6) is 17.2 Å². The minimum Gasteiger partial charge on any atom is -0.493 e. The molecule has 0 spiro atoms. The number of amides is 2. The molecule has 1 saturated heterocycles. The molecular formula is C24H25F2N5O4. The van der Waals surface area contributed by atoms with E-state index in [1.54, 1.807) is 38.4 Å². The van der Waals surface area contributed by atoms with Crippen LogP contribution in [-0.2, 0) is 0 Å². The lowest BCUT2D eigenvalue weighted by Crippen LogP contribution is -2.50. The number of halogens is 2. The number of rotatable bonds is 6. The Morgan fingerprint density at radius 1 is 0.857 bits per heavy atom. The van der Waals surface area contributed by atoms with Gasteiger partial charge in [-0.2, -0.15) is 0 Å². The minimum absolute atomic E-state index is 0.199. The van der Waals surface area contributed by atoms with Crippen molar-refractivity contribution >= 4 is 17.5 Å². The predicted octanol–water partition coefficient (Wildman–Crippen LogP) is 3.80. The summed E-state index contributed by atoms with van der Waals surface area (Å²) in [6.45, 7) is 1.96. The number of carbonyl (C=O) groups excluding carboxylic acids is 1. The van der Waals surface area contributed by atoms with Crippen molar-refractivity contribution in [2.75, 3.05) is 57.7 Å². The summed E-state index contributed by atoms with van der Waals surface area (Å²) in [5, 5.41) is 11.3. The molecule has 0 aliphatic carbocycles. The lowest BCUT2D eigenvalue weighted by molar-refractivity contribution is 0.208. The first-order valence-electron chi connectivity index (χ1n) is 10.8. The molecule has 3 aromatic rings. The van der Waals surface area contributed by atoms with Crippen LogP contribution >= 0.6 is 0 Å². The largest absolute Gasteiger partial charge is 0.493 e. The standard InChI is InChI=1S/C24H25F2N5O4/c1-33-20-12-15(13-21(34-2)23(20)35-3)19-6-7-22(29-28-19)30-8-10-31(11-9-30)24(32)27-16-4-5-17(25)18(26)14-16/h4-7,12-14H,8-11H2,1-3H3,(H,27,32). The van der Waals surface area contributed by atoms with E-state index < -0.39 is 11.6 Å². The second-order valence-corrected chi connectivity index (χ2v) is 7.72. The molecule has 35 heavy (non-hydrogen) atoms. The normalized spacial score (nSPS) is 13.4. The molecule has 11 heteroatoms. The molecular weight excluding hydrogens is 460 g/mol. The van der Waals surface area contributed by atoms with Crippen molar-refractivity contribution < 1.29 is 27.8 Å². The van der Waals surface area contributed by atoms with Crippen molar-refractivity contribution in [3.8, 4) is 28.5 Å². The number of methoxy groups -OCH3 is 3. The van der Waals surface area contributed by atoms with Gasteiger partial charge in [-0.1, -0.05) is 0 Å². The van der Waals surface area contributed by atoms with Gasteiger partial charge in [0.05, 0.1) is 27.0 Å². The Labute approximate surface area is 201 Å². The average Bonchev–Trinajstić information content (AvgIpc) is 2.90. The lowest BCUT2D eigenvalue weighted by Gasteiger charge is -2.35. The Balaban J connectivity index is 1.39. The van der Waals surface area contributed by atoms with Gasteiger partial charge in [0, 0.05) is 43.5 Å². The van der Waals surface area contributed by atoms with Crippen LogP contribution in [0.15, 0.2) is 42.5 Å². The molecule has 1 N–H and O–H groups in total. The summed E-state index contributed by atoms with van der Waals surface area (Å²) in [6.07, 6.45) is 0. The maximum absolute atomic E-state index is 13.4. The van der Waals surface area contributed by atoms with Crippen molar-refractivity contribution in [1.82, 2.24) is 15.1 Å². The number of aromatic nitrogens is 2. The van der Waals surface area contributed by atoms with E-state index >= 15 is 0 Å². The van der Waals surface area contributed by atoms with E-state index in [0.717, 1.165) is 17.7 Å². The van der Waals surface area contributed by atoms with Gasteiger partial charge in [0.1, 0.15) is 0 Å². The second kappa shape index (κ2) is 10.4. The van der Waals surface area contributed by atoms with Gasteiger partial charge in [-0.25, -0.2) is 13.6 Å². The minimum atomic E-state index is -1.01. The van der Waals surface area contributed by atoms with E-state index in [1.807, 2.05) is 17.0 Å². The summed E-state index contributed by atoms with van der Waals surface area (Å²) >= 11 is 0. The Hall–Kier alpha value is -4.15. The molecule has 1 aliphatic rings. The van der Waals surface area contributed by atoms with Crippen LogP contribution in [0.3, 0.4) is 0 Å². The molecule has 0 bridgehead atoms. The molecule has 0 saturated carbocycles. The molecule has 1 aromatic heterocycles. The summed E-state index contributed by atoms with van der Waals surface area (Å²) in [4.78, 5) is 16.1. The molecule has 2 aromatic carbocycles. The molecule has 1 fully saturated rings. The number of nitrogens with one attached hydrogen (secondary N) is 1. The van der Waals surface area contributed by atoms with E-state index in [0.29, 0.717) is 54.9 Å². The zero-order valence-electron chi connectivity index (χ0n) is 19.5. The number of hydrogen-bond acceptors (Lipinski definition) is 7. The summed E-state index contributed by atoms with van der Waals surface area (Å²) in [5.74, 6) is 0.239. The highest BCUT2D eigenvalue weighted by molar-refractivity contribution is 5.89. The van der Waals surface area contributed by atoms with Crippen molar-refractivity contribution in [2.24, 2.45) is 0 Å². The highest BCUT2D eigenvalue weighted by Crippen LogP contribution is 2.40. The summed E-state index contributed by atoms with van der Waals surface area (Å²) in [5.41, 5.74) is 1.60. The first-order valence-corrected chi connectivity index (χ1v) is 10.8. The second-order valence-electron chi connectivity index (χ2n) is 7.72. The van der Waals surface area contributed by atoms with Crippen LogP contribution in [0.4, 0.5) is 25.1 Å². The van der Waals surface area contributed by atoms with Crippen LogP contribution in [0.25, 0.3) is 11.3 Å². The maximum Gasteiger partial charge on any atom is 0.321 e. The van der Waals surface area contributed by atoms with Gasteiger partial charge in [-0.3, -0.25) is 0 Å². The molecule has 2 heterocycles. The highest BCUT2D eigenvalue weighted by Gasteiger charge is 2.23. The van der Waals surface area contributed by atoms with Crippen LogP contribution < -0.4 is 24.4 Å². The number of urea groups is 1. The van der Waals surface area contributed by atoms with E-state index in [9.17, 15) is 13.6 Å². The third kappa shape index (κ3) is 5.18. The highest BCUT2D eigenvalue weighted by atomic mass is 19.2. The first kappa shape index (κ1) is 24.0. The van der Waals surface area contributed by atoms with Gasteiger partial charge in [-0.15, -0.1) is 10.2 Å². The molecule has 0 unspecified atom stereocenters. The van der Waals surface area contributed by atoms with Crippen molar-refractivity contribution in [3.63, 3.8) is 0 Å². The fourth-order valence-electron chi connectivity index (χ4n) is 3.79. The smallest absolute Gasteiger partial charge is 0.321 e. The SMILES string of the molecule is COc1cc(-c2ccc(N3CCN(C(=O)Nc4ccc(F)c(F)c4)CC3)nn2)cc(OC)c1OC. The molecule has 4 rings (SSSR count). The molecule has 0 radical (unpaired) electrons. The number of anilines is 2. The van der Waals surface area contributed by atoms with Gasteiger partial charge >= 0.3 is 6.03 Å². The Morgan fingerprint density at radius 3 is 2.09 bits per heavy atom. The third-order valence-corrected chi connectivity index (χ3v) is 5.67. The van der Waals surface area contributed by atoms with Crippen LogP contribution in [0.1, 0.15) is 0 Å². The monoisotopic (exact) mass is 485 g/mol. The van der Waals surface area contributed by atoms with E-state index in [-0.39, 0.29) is 11.7 Å². The van der Waals surface area contributed by atoms with Crippen molar-refractivity contribution in [3.05, 3.63) is 54.1 Å². The fourth-order valence-corrected chi connectivity index (χ4v) is 3.79. The zero-order chi connectivity index (χ0) is 24.9. The maximum atomic E-state index is 13.4. The van der Waals surface area contributed by atoms with E-state index in [4.69, 9.17) is 14.2 Å². The fraction of sp³-hybridized carbons (Fsp3) is 0.292. The van der Waals surface area contributed by atoms with Crippen LogP contribution in [0.2, 0.25) is 0 Å². The molecule has 0 atom stereocenters. The predicted molar refractivity (Wildman–Crippen MR) is 126 cm³/mol. The Bertz CT molecular complexity index is 1180. The molecule has 1 aliphatic heterocycles. The zero-order valence-corrected chi connectivity index (χ0v) is 19.5. The molecule has 2 amide bonds. The van der Waals surface area contributed by atoms with Crippen molar-refractivity contribution in [2.45, 2.75) is 0 Å². The average molecular weight is 485 g/mol. The van der Waals surface area contributed by atoms with E-state index in [1.165, 1.54) is 6.07 Å². The first-order chi connectivity index (χ1) is 16.9. The number of hydrogen-bond donors (Lipinski definition) is 1.